The second-order valence-corrected chi connectivity index (χ2v) is 10.1. The quantitative estimate of drug-likeness (QED) is 0.277. The lowest BCUT2D eigenvalue weighted by Crippen LogP contribution is -2.26. The number of ether oxygens (including phenoxy) is 2. The van der Waals surface area contributed by atoms with Crippen molar-refractivity contribution in [2.75, 3.05) is 11.9 Å². The third kappa shape index (κ3) is 5.13. The first-order valence-corrected chi connectivity index (χ1v) is 13.4. The van der Waals surface area contributed by atoms with Crippen molar-refractivity contribution in [3.05, 3.63) is 93.9 Å². The number of aromatic hydroxyl groups is 1. The zero-order chi connectivity index (χ0) is 26.6. The van der Waals surface area contributed by atoms with Gasteiger partial charge in [-0.25, -0.2) is 9.59 Å². The summed E-state index contributed by atoms with van der Waals surface area (Å²) in [6.45, 7) is 1.96. The number of nitrogens with one attached hydrogen (secondary N) is 1. The summed E-state index contributed by atoms with van der Waals surface area (Å²) in [6.07, 6.45) is 2.24. The standard InChI is InChI=1S/C30H27NO6S/c1-2-36-30(35)25-21-14-8-9-15-24(21)38-28(25)31-27(33)26(18-10-4-3-5-11-18)37-29(34)22-16-19-12-6-7-13-20(19)17-23(22)32/h3-7,10-13,16-17,26,32H,2,8-9,14-15H2,1H3,(H,31,33)/t26-/m0/s1. The zero-order valence-electron chi connectivity index (χ0n) is 20.9. The van der Waals surface area contributed by atoms with Crippen molar-refractivity contribution >= 4 is 45.0 Å². The van der Waals surface area contributed by atoms with Gasteiger partial charge in [0.1, 0.15) is 16.3 Å². The summed E-state index contributed by atoms with van der Waals surface area (Å²) in [4.78, 5) is 40.8. The number of carbonyl (C=O) groups excluding carboxylic acids is 3. The lowest BCUT2D eigenvalue weighted by molar-refractivity contribution is -0.125. The number of carbonyl (C=O) groups is 3. The molecule has 38 heavy (non-hydrogen) atoms. The van der Waals surface area contributed by atoms with Crippen molar-refractivity contribution < 1.29 is 29.0 Å². The first kappa shape index (κ1) is 25.5. The predicted molar refractivity (Wildman–Crippen MR) is 146 cm³/mol. The van der Waals surface area contributed by atoms with Crippen LogP contribution >= 0.6 is 11.3 Å². The van der Waals surface area contributed by atoms with Crippen molar-refractivity contribution in [1.29, 1.82) is 0 Å². The number of hydrogen-bond donors (Lipinski definition) is 2. The molecule has 1 aliphatic rings. The molecule has 194 valence electrons. The number of fused-ring (bicyclic) bond motifs is 2. The van der Waals surface area contributed by atoms with E-state index in [0.717, 1.165) is 46.9 Å². The molecule has 0 aliphatic heterocycles. The van der Waals surface area contributed by atoms with Gasteiger partial charge in [-0.1, -0.05) is 54.6 Å². The van der Waals surface area contributed by atoms with Gasteiger partial charge in [0.25, 0.3) is 5.91 Å². The molecule has 0 saturated heterocycles. The molecule has 0 bridgehead atoms. The number of thiophene rings is 1. The molecule has 0 saturated carbocycles. The normalized spacial score (nSPS) is 13.4. The van der Waals surface area contributed by atoms with Gasteiger partial charge >= 0.3 is 11.9 Å². The van der Waals surface area contributed by atoms with Crippen LogP contribution in [0.5, 0.6) is 5.75 Å². The molecule has 1 aromatic heterocycles. The highest BCUT2D eigenvalue weighted by Gasteiger charge is 2.31. The number of rotatable bonds is 7. The van der Waals surface area contributed by atoms with Crippen LogP contribution in [-0.2, 0) is 27.1 Å². The van der Waals surface area contributed by atoms with E-state index in [2.05, 4.69) is 5.32 Å². The topological polar surface area (TPSA) is 102 Å². The highest BCUT2D eigenvalue weighted by atomic mass is 32.1. The minimum absolute atomic E-state index is 0.0452. The smallest absolute Gasteiger partial charge is 0.343 e. The van der Waals surface area contributed by atoms with E-state index in [4.69, 9.17) is 9.47 Å². The molecule has 3 aromatic carbocycles. The van der Waals surface area contributed by atoms with Gasteiger partial charge < -0.3 is 19.9 Å². The molecule has 0 spiro atoms. The maximum atomic E-state index is 13.6. The van der Waals surface area contributed by atoms with Crippen LogP contribution in [0, 0.1) is 0 Å². The van der Waals surface area contributed by atoms with Crippen LogP contribution in [0.3, 0.4) is 0 Å². The summed E-state index contributed by atoms with van der Waals surface area (Å²) in [6, 6.07) is 19.0. The van der Waals surface area contributed by atoms with Gasteiger partial charge in [0, 0.05) is 10.4 Å². The fourth-order valence-electron chi connectivity index (χ4n) is 4.71. The maximum absolute atomic E-state index is 13.6. The van der Waals surface area contributed by atoms with E-state index in [-0.39, 0.29) is 17.9 Å². The number of anilines is 1. The van der Waals surface area contributed by atoms with E-state index < -0.39 is 23.9 Å². The molecule has 8 heteroatoms. The Bertz CT molecular complexity index is 1510. The number of hydrogen-bond acceptors (Lipinski definition) is 7. The van der Waals surface area contributed by atoms with E-state index in [1.165, 1.54) is 17.4 Å². The third-order valence-corrected chi connectivity index (χ3v) is 7.74. The molecule has 2 N–H and O–H groups in total. The summed E-state index contributed by atoms with van der Waals surface area (Å²) in [5, 5.41) is 15.3. The lowest BCUT2D eigenvalue weighted by Gasteiger charge is -2.19. The molecule has 5 rings (SSSR count). The molecule has 0 radical (unpaired) electrons. The van der Waals surface area contributed by atoms with Gasteiger partial charge in [-0.2, -0.15) is 0 Å². The molecule has 0 unspecified atom stereocenters. The summed E-state index contributed by atoms with van der Waals surface area (Å²) in [5.41, 5.74) is 1.71. The highest BCUT2D eigenvalue weighted by molar-refractivity contribution is 7.17. The Balaban J connectivity index is 1.47. The maximum Gasteiger partial charge on any atom is 0.343 e. The molecule has 0 fully saturated rings. The van der Waals surface area contributed by atoms with Crippen molar-refractivity contribution in [1.82, 2.24) is 0 Å². The van der Waals surface area contributed by atoms with Crippen LogP contribution in [0.2, 0.25) is 0 Å². The molecule has 1 atom stereocenters. The molecule has 7 nitrogen and oxygen atoms in total. The van der Waals surface area contributed by atoms with Crippen LogP contribution in [0.4, 0.5) is 5.00 Å². The molecule has 1 amide bonds. The highest BCUT2D eigenvalue weighted by Crippen LogP contribution is 2.39. The van der Waals surface area contributed by atoms with E-state index in [1.807, 2.05) is 24.3 Å². The molecule has 4 aromatic rings. The Morgan fingerprint density at radius 2 is 1.63 bits per heavy atom. The van der Waals surface area contributed by atoms with Gasteiger partial charge in [-0.05, 0) is 61.1 Å². The van der Waals surface area contributed by atoms with Gasteiger partial charge in [0.15, 0.2) is 0 Å². The lowest BCUT2D eigenvalue weighted by atomic mass is 9.95. The molecular formula is C30H27NO6S. The summed E-state index contributed by atoms with van der Waals surface area (Å²) < 4.78 is 11.0. The van der Waals surface area contributed by atoms with E-state index in [0.29, 0.717) is 16.1 Å². The van der Waals surface area contributed by atoms with Crippen LogP contribution in [0.15, 0.2) is 66.7 Å². The second kappa shape index (κ2) is 11.1. The van der Waals surface area contributed by atoms with Gasteiger partial charge in [0.05, 0.1) is 12.2 Å². The predicted octanol–water partition coefficient (Wildman–Crippen LogP) is 6.20. The van der Waals surface area contributed by atoms with Crippen LogP contribution in [-0.4, -0.2) is 29.6 Å². The monoisotopic (exact) mass is 529 g/mol. The number of esters is 2. The van der Waals surface area contributed by atoms with Crippen molar-refractivity contribution in [2.45, 2.75) is 38.7 Å². The van der Waals surface area contributed by atoms with Crippen LogP contribution < -0.4 is 5.32 Å². The Hall–Kier alpha value is -4.17. The second-order valence-electron chi connectivity index (χ2n) is 9.04. The minimum Gasteiger partial charge on any atom is -0.507 e. The molecule has 1 aliphatic carbocycles. The van der Waals surface area contributed by atoms with Crippen LogP contribution in [0.1, 0.15) is 62.6 Å². The van der Waals surface area contributed by atoms with Crippen LogP contribution in [0.25, 0.3) is 10.8 Å². The zero-order valence-corrected chi connectivity index (χ0v) is 21.7. The summed E-state index contributed by atoms with van der Waals surface area (Å²) in [7, 11) is 0. The van der Waals surface area contributed by atoms with Gasteiger partial charge in [-0.15, -0.1) is 11.3 Å². The molecular weight excluding hydrogens is 502 g/mol. The Labute approximate surface area is 224 Å². The number of phenolic OH excluding ortho intramolecular Hbond substituents is 1. The average Bonchev–Trinajstić information content (AvgIpc) is 3.29. The minimum atomic E-state index is -1.32. The Morgan fingerprint density at radius 3 is 2.37 bits per heavy atom. The number of benzene rings is 3. The van der Waals surface area contributed by atoms with E-state index in [1.54, 1.807) is 43.3 Å². The largest absolute Gasteiger partial charge is 0.507 e. The average molecular weight is 530 g/mol. The molecule has 1 heterocycles. The van der Waals surface area contributed by atoms with Gasteiger partial charge in [0.2, 0.25) is 6.10 Å². The fraction of sp³-hybridized carbons (Fsp3) is 0.233. The van der Waals surface area contributed by atoms with E-state index >= 15 is 0 Å². The number of aryl methyl sites for hydroxylation is 1. The Kier molecular flexibility index (Phi) is 7.42. The number of amides is 1. The van der Waals surface area contributed by atoms with Gasteiger partial charge in [-0.3, -0.25) is 4.79 Å². The summed E-state index contributed by atoms with van der Waals surface area (Å²) in [5.74, 6) is -2.16. The fourth-order valence-corrected chi connectivity index (χ4v) is 5.99. The van der Waals surface area contributed by atoms with E-state index in [9.17, 15) is 19.5 Å². The first-order chi connectivity index (χ1) is 18.5. The Morgan fingerprint density at radius 1 is 0.947 bits per heavy atom. The van der Waals surface area contributed by atoms with Crippen molar-refractivity contribution in [3.8, 4) is 5.75 Å². The first-order valence-electron chi connectivity index (χ1n) is 12.6. The van der Waals surface area contributed by atoms with Crippen molar-refractivity contribution in [2.24, 2.45) is 0 Å². The number of phenols is 1. The SMILES string of the molecule is CCOC(=O)c1c(NC(=O)[C@@H](OC(=O)c2cc3ccccc3cc2O)c2ccccc2)sc2c1CCCC2. The summed E-state index contributed by atoms with van der Waals surface area (Å²) >= 11 is 1.36. The third-order valence-electron chi connectivity index (χ3n) is 6.54. The van der Waals surface area contributed by atoms with Crippen molar-refractivity contribution in [3.63, 3.8) is 0 Å².